The van der Waals surface area contributed by atoms with E-state index < -0.39 is 4.92 Å². The number of carbonyl (C=O) groups excluding carboxylic acids is 2. The van der Waals surface area contributed by atoms with Crippen LogP contribution in [0.25, 0.3) is 0 Å². The van der Waals surface area contributed by atoms with Crippen LogP contribution in [-0.4, -0.2) is 16.5 Å². The number of nitro benzene ring substituents is 1. The molecule has 0 aliphatic rings. The summed E-state index contributed by atoms with van der Waals surface area (Å²) in [5.74, 6) is -0.253. The summed E-state index contributed by atoms with van der Waals surface area (Å²) in [5, 5.41) is 10.5. The molecule has 2 aromatic rings. The van der Waals surface area contributed by atoms with E-state index in [4.69, 9.17) is 4.42 Å². The number of ketones is 2. The first-order valence-electron chi connectivity index (χ1n) is 5.84. The van der Waals surface area contributed by atoms with Crippen molar-refractivity contribution in [3.05, 3.63) is 63.6 Å². The molecule has 1 heterocycles. The first kappa shape index (κ1) is 13.7. The van der Waals surface area contributed by atoms with Crippen LogP contribution in [0.2, 0.25) is 0 Å². The summed E-state index contributed by atoms with van der Waals surface area (Å²) in [6, 6.07) is 6.67. The number of rotatable bonds is 5. The molecule has 0 radical (unpaired) electrons. The first-order valence-corrected chi connectivity index (χ1v) is 5.84. The summed E-state index contributed by atoms with van der Waals surface area (Å²) in [4.78, 5) is 33.8. The number of nitro groups is 1. The Hall–Kier alpha value is -2.76. The van der Waals surface area contributed by atoms with E-state index >= 15 is 0 Å². The van der Waals surface area contributed by atoms with Crippen molar-refractivity contribution in [2.45, 2.75) is 13.3 Å². The lowest BCUT2D eigenvalue weighted by molar-refractivity contribution is -0.384. The molecule has 0 N–H and O–H groups in total. The predicted octanol–water partition coefficient (Wildman–Crippen LogP) is 2.95. The molecule has 0 spiro atoms. The van der Waals surface area contributed by atoms with Crippen molar-refractivity contribution < 1.29 is 18.9 Å². The lowest BCUT2D eigenvalue weighted by Gasteiger charge is -2.00. The minimum atomic E-state index is -0.547. The maximum atomic E-state index is 11.9. The highest BCUT2D eigenvalue weighted by Crippen LogP contribution is 2.16. The van der Waals surface area contributed by atoms with Crippen LogP contribution in [0.1, 0.15) is 32.9 Å². The van der Waals surface area contributed by atoms with Gasteiger partial charge in [-0.25, -0.2) is 0 Å². The second kappa shape index (κ2) is 5.48. The highest BCUT2D eigenvalue weighted by Gasteiger charge is 2.17. The van der Waals surface area contributed by atoms with Gasteiger partial charge in [0.05, 0.1) is 23.2 Å². The minimum absolute atomic E-state index is 0.0986. The third-order valence-electron chi connectivity index (χ3n) is 2.88. The Bertz CT molecular complexity index is 669. The molecule has 0 aliphatic heterocycles. The number of furan rings is 1. The third-order valence-corrected chi connectivity index (χ3v) is 2.88. The molecular formula is C14H11NO5. The average molecular weight is 273 g/mol. The van der Waals surface area contributed by atoms with E-state index in [0.717, 1.165) is 0 Å². The zero-order valence-electron chi connectivity index (χ0n) is 10.7. The fourth-order valence-corrected chi connectivity index (χ4v) is 1.79. The van der Waals surface area contributed by atoms with Crippen LogP contribution in [0.15, 0.2) is 41.0 Å². The Labute approximate surface area is 114 Å². The number of non-ortho nitro benzene ring substituents is 1. The number of hydrogen-bond donors (Lipinski definition) is 0. The summed E-state index contributed by atoms with van der Waals surface area (Å²) in [6.45, 7) is 1.64. The van der Waals surface area contributed by atoms with Gasteiger partial charge < -0.3 is 4.42 Å². The highest BCUT2D eigenvalue weighted by molar-refractivity contribution is 6.13. The molecule has 6 heteroatoms. The molecule has 1 aromatic heterocycles. The lowest BCUT2D eigenvalue weighted by atomic mass is 10.0. The molecule has 0 bridgehead atoms. The van der Waals surface area contributed by atoms with E-state index in [2.05, 4.69) is 0 Å². The van der Waals surface area contributed by atoms with Gasteiger partial charge in [0.25, 0.3) is 5.69 Å². The highest BCUT2D eigenvalue weighted by atomic mass is 16.6. The average Bonchev–Trinajstić information content (AvgIpc) is 2.85. The monoisotopic (exact) mass is 273 g/mol. The van der Waals surface area contributed by atoms with Gasteiger partial charge in [-0.1, -0.05) is 0 Å². The fraction of sp³-hybridized carbons (Fsp3) is 0.143. The van der Waals surface area contributed by atoms with Crippen LogP contribution in [0.3, 0.4) is 0 Å². The van der Waals surface area contributed by atoms with Gasteiger partial charge in [0.2, 0.25) is 0 Å². The normalized spacial score (nSPS) is 10.2. The number of carbonyl (C=O) groups is 2. The molecule has 102 valence electrons. The molecule has 0 saturated heterocycles. The first-order chi connectivity index (χ1) is 9.49. The van der Waals surface area contributed by atoms with Gasteiger partial charge in [-0.3, -0.25) is 19.7 Å². The zero-order valence-corrected chi connectivity index (χ0v) is 10.7. The van der Waals surface area contributed by atoms with Crippen LogP contribution < -0.4 is 0 Å². The molecule has 0 unspecified atom stereocenters. The van der Waals surface area contributed by atoms with Crippen molar-refractivity contribution in [2.75, 3.05) is 0 Å². The van der Waals surface area contributed by atoms with Gasteiger partial charge in [0.1, 0.15) is 5.76 Å². The summed E-state index contributed by atoms with van der Waals surface area (Å²) >= 11 is 0. The van der Waals surface area contributed by atoms with Gasteiger partial charge in [-0.2, -0.15) is 0 Å². The fourth-order valence-electron chi connectivity index (χ4n) is 1.79. The number of aryl methyl sites for hydroxylation is 1. The molecule has 0 fully saturated rings. The van der Waals surface area contributed by atoms with Crippen LogP contribution in [0.4, 0.5) is 5.69 Å². The van der Waals surface area contributed by atoms with E-state index in [1.165, 1.54) is 36.6 Å². The summed E-state index contributed by atoms with van der Waals surface area (Å²) in [5.41, 5.74) is 0.545. The topological polar surface area (TPSA) is 90.4 Å². The Balaban J connectivity index is 2.10. The molecular weight excluding hydrogens is 262 g/mol. The molecule has 0 saturated carbocycles. The molecule has 0 atom stereocenters. The third kappa shape index (κ3) is 2.80. The van der Waals surface area contributed by atoms with Crippen molar-refractivity contribution in [1.82, 2.24) is 0 Å². The Kier molecular flexibility index (Phi) is 3.74. The summed E-state index contributed by atoms with van der Waals surface area (Å²) in [7, 11) is 0. The Morgan fingerprint density at radius 3 is 2.30 bits per heavy atom. The number of Topliss-reactive ketones (excluding diaryl/α,β-unsaturated/α-hetero) is 2. The molecule has 0 aliphatic carbocycles. The molecule has 0 amide bonds. The molecule has 20 heavy (non-hydrogen) atoms. The van der Waals surface area contributed by atoms with Crippen molar-refractivity contribution in [2.24, 2.45) is 0 Å². The number of hydrogen-bond acceptors (Lipinski definition) is 5. The van der Waals surface area contributed by atoms with Crippen molar-refractivity contribution in [3.8, 4) is 0 Å². The molecule has 2 rings (SSSR count). The van der Waals surface area contributed by atoms with Gasteiger partial charge in [-0.05, 0) is 25.1 Å². The lowest BCUT2D eigenvalue weighted by Crippen LogP contribution is -2.08. The Morgan fingerprint density at radius 2 is 1.80 bits per heavy atom. The second-order valence-corrected chi connectivity index (χ2v) is 4.22. The van der Waals surface area contributed by atoms with E-state index in [-0.39, 0.29) is 29.2 Å². The SMILES string of the molecule is Cc1occc1C(=O)CC(=O)c1ccc([N+](=O)[O-])cc1. The van der Waals surface area contributed by atoms with E-state index in [1.54, 1.807) is 6.92 Å². The standard InChI is InChI=1S/C14H11NO5/c1-9-12(6-7-20-9)14(17)8-13(16)10-2-4-11(5-3-10)15(18)19/h2-7H,8H2,1H3. The van der Waals surface area contributed by atoms with Crippen LogP contribution in [0, 0.1) is 17.0 Å². The number of nitrogens with zero attached hydrogens (tertiary/aromatic N) is 1. The predicted molar refractivity (Wildman–Crippen MR) is 69.8 cm³/mol. The van der Waals surface area contributed by atoms with E-state index in [9.17, 15) is 19.7 Å². The Morgan fingerprint density at radius 1 is 1.15 bits per heavy atom. The van der Waals surface area contributed by atoms with E-state index in [1.807, 2.05) is 0 Å². The van der Waals surface area contributed by atoms with Gasteiger partial charge in [0.15, 0.2) is 11.6 Å². The van der Waals surface area contributed by atoms with Crippen LogP contribution in [0.5, 0.6) is 0 Å². The smallest absolute Gasteiger partial charge is 0.269 e. The quantitative estimate of drug-likeness (QED) is 0.361. The largest absolute Gasteiger partial charge is 0.469 e. The van der Waals surface area contributed by atoms with Gasteiger partial charge in [-0.15, -0.1) is 0 Å². The minimum Gasteiger partial charge on any atom is -0.469 e. The van der Waals surface area contributed by atoms with Crippen molar-refractivity contribution >= 4 is 17.3 Å². The van der Waals surface area contributed by atoms with Gasteiger partial charge >= 0.3 is 0 Å². The van der Waals surface area contributed by atoms with Crippen LogP contribution >= 0.6 is 0 Å². The zero-order chi connectivity index (χ0) is 14.7. The summed E-state index contributed by atoms with van der Waals surface area (Å²) in [6.07, 6.45) is 1.09. The number of benzene rings is 1. The second-order valence-electron chi connectivity index (χ2n) is 4.22. The summed E-state index contributed by atoms with van der Waals surface area (Å²) < 4.78 is 5.01. The van der Waals surface area contributed by atoms with Gasteiger partial charge in [0, 0.05) is 17.7 Å². The molecule has 1 aromatic carbocycles. The van der Waals surface area contributed by atoms with Crippen molar-refractivity contribution in [3.63, 3.8) is 0 Å². The maximum absolute atomic E-state index is 11.9. The molecule has 6 nitrogen and oxygen atoms in total. The van der Waals surface area contributed by atoms with Crippen LogP contribution in [-0.2, 0) is 0 Å². The van der Waals surface area contributed by atoms with Crippen molar-refractivity contribution in [1.29, 1.82) is 0 Å². The maximum Gasteiger partial charge on any atom is 0.269 e. The van der Waals surface area contributed by atoms with E-state index in [0.29, 0.717) is 11.3 Å².